The van der Waals surface area contributed by atoms with Gasteiger partial charge in [-0.15, -0.1) is 10.2 Å². The topological polar surface area (TPSA) is 113 Å². The molecule has 2 aromatic carbocycles. The van der Waals surface area contributed by atoms with Crippen molar-refractivity contribution in [3.63, 3.8) is 0 Å². The van der Waals surface area contributed by atoms with Gasteiger partial charge in [0.25, 0.3) is 0 Å². The Morgan fingerprint density at radius 2 is 1.86 bits per heavy atom. The van der Waals surface area contributed by atoms with Crippen LogP contribution in [0.15, 0.2) is 52.9 Å². The van der Waals surface area contributed by atoms with Gasteiger partial charge in [-0.3, -0.25) is 0 Å². The lowest BCUT2D eigenvalue weighted by Gasteiger charge is -2.11. The molecular formula is C26H25N5O5. The third-order valence-corrected chi connectivity index (χ3v) is 5.62. The summed E-state index contributed by atoms with van der Waals surface area (Å²) in [6.07, 6.45) is 0. The SMILES string of the molecule is CCOC(=O)c1c(C)oc2nc(Nc3cccc(C)c3)n3c(COc4ccc(OC)cc4)nnc3c12. The molecule has 0 radical (unpaired) electrons. The number of carbonyl (C=O) groups is 1. The van der Waals surface area contributed by atoms with Crippen LogP contribution in [-0.4, -0.2) is 39.3 Å². The van der Waals surface area contributed by atoms with Gasteiger partial charge in [-0.25, -0.2) is 9.20 Å². The molecule has 10 nitrogen and oxygen atoms in total. The van der Waals surface area contributed by atoms with E-state index in [1.54, 1.807) is 25.4 Å². The molecule has 0 atom stereocenters. The number of nitrogens with one attached hydrogen (secondary N) is 1. The lowest BCUT2D eigenvalue weighted by Crippen LogP contribution is -2.09. The molecule has 0 spiro atoms. The molecule has 0 saturated heterocycles. The van der Waals surface area contributed by atoms with Crippen molar-refractivity contribution >= 4 is 34.4 Å². The van der Waals surface area contributed by atoms with Gasteiger partial charge in [0.15, 0.2) is 11.5 Å². The fraction of sp³-hybridized carbons (Fsp3) is 0.231. The first-order valence-electron chi connectivity index (χ1n) is 11.4. The van der Waals surface area contributed by atoms with Gasteiger partial charge in [0.1, 0.15) is 34.8 Å². The van der Waals surface area contributed by atoms with Gasteiger partial charge in [0.05, 0.1) is 13.7 Å². The van der Waals surface area contributed by atoms with Crippen LogP contribution in [-0.2, 0) is 11.3 Å². The van der Waals surface area contributed by atoms with Gasteiger partial charge < -0.3 is 23.9 Å². The van der Waals surface area contributed by atoms with Crippen LogP contribution >= 0.6 is 0 Å². The van der Waals surface area contributed by atoms with Crippen molar-refractivity contribution in [3.8, 4) is 11.5 Å². The molecule has 0 aliphatic heterocycles. The van der Waals surface area contributed by atoms with Crippen LogP contribution in [0, 0.1) is 13.8 Å². The zero-order chi connectivity index (χ0) is 25.2. The molecule has 0 aliphatic carbocycles. The number of aryl methyl sites for hydroxylation is 2. The molecule has 36 heavy (non-hydrogen) atoms. The summed E-state index contributed by atoms with van der Waals surface area (Å²) < 4.78 is 24.0. The number of ether oxygens (including phenoxy) is 3. The van der Waals surface area contributed by atoms with E-state index < -0.39 is 5.97 Å². The predicted molar refractivity (Wildman–Crippen MR) is 133 cm³/mol. The maximum absolute atomic E-state index is 12.7. The Morgan fingerprint density at radius 3 is 2.58 bits per heavy atom. The van der Waals surface area contributed by atoms with E-state index in [2.05, 4.69) is 20.5 Å². The van der Waals surface area contributed by atoms with E-state index in [0.29, 0.717) is 34.3 Å². The zero-order valence-corrected chi connectivity index (χ0v) is 20.4. The standard InChI is InChI=1S/C26H25N5O5/c1-5-34-25(32)21-16(3)36-24-22(21)23-30-29-20(14-35-19-11-9-18(33-4)10-12-19)31(23)26(28-24)27-17-8-6-7-15(2)13-17/h6-13H,5,14H2,1-4H3,(H,27,28). The van der Waals surface area contributed by atoms with Gasteiger partial charge in [-0.05, 0) is 62.7 Å². The first-order chi connectivity index (χ1) is 17.5. The van der Waals surface area contributed by atoms with Crippen LogP contribution < -0.4 is 14.8 Å². The van der Waals surface area contributed by atoms with Crippen LogP contribution in [0.3, 0.4) is 0 Å². The molecule has 5 rings (SSSR count). The molecule has 184 valence electrons. The molecule has 0 bridgehead atoms. The van der Waals surface area contributed by atoms with E-state index in [9.17, 15) is 4.79 Å². The maximum atomic E-state index is 12.7. The average molecular weight is 488 g/mol. The quantitative estimate of drug-likeness (QED) is 0.302. The number of rotatable bonds is 8. The van der Waals surface area contributed by atoms with Crippen LogP contribution in [0.1, 0.15) is 34.4 Å². The van der Waals surface area contributed by atoms with E-state index in [0.717, 1.165) is 17.0 Å². The summed E-state index contributed by atoms with van der Waals surface area (Å²) in [5, 5.41) is 12.5. The molecule has 3 aromatic heterocycles. The molecule has 0 unspecified atom stereocenters. The van der Waals surface area contributed by atoms with Gasteiger partial charge >= 0.3 is 5.97 Å². The highest BCUT2D eigenvalue weighted by Gasteiger charge is 2.27. The van der Waals surface area contributed by atoms with Crippen LogP contribution in [0.5, 0.6) is 11.5 Å². The summed E-state index contributed by atoms with van der Waals surface area (Å²) >= 11 is 0. The second-order valence-corrected chi connectivity index (χ2v) is 8.10. The first kappa shape index (κ1) is 23.2. The molecule has 3 heterocycles. The van der Waals surface area contributed by atoms with Crippen molar-refractivity contribution in [2.45, 2.75) is 27.4 Å². The van der Waals surface area contributed by atoms with Crippen molar-refractivity contribution in [2.24, 2.45) is 0 Å². The lowest BCUT2D eigenvalue weighted by molar-refractivity contribution is 0.0526. The molecule has 10 heteroatoms. The van der Waals surface area contributed by atoms with Crippen molar-refractivity contribution in [3.05, 3.63) is 71.2 Å². The van der Waals surface area contributed by atoms with E-state index in [1.165, 1.54) is 0 Å². The number of esters is 1. The normalized spacial score (nSPS) is 11.1. The number of aromatic nitrogens is 4. The molecular weight excluding hydrogens is 462 g/mol. The number of hydrogen-bond donors (Lipinski definition) is 1. The van der Waals surface area contributed by atoms with E-state index >= 15 is 0 Å². The number of anilines is 2. The Kier molecular flexibility index (Phi) is 6.16. The summed E-state index contributed by atoms with van der Waals surface area (Å²) in [6, 6.07) is 15.1. The molecule has 0 aliphatic rings. The lowest BCUT2D eigenvalue weighted by atomic mass is 10.2. The Bertz CT molecular complexity index is 1560. The predicted octanol–water partition coefficient (Wildman–Crippen LogP) is 5.00. The molecule has 0 fully saturated rings. The van der Waals surface area contributed by atoms with Crippen molar-refractivity contribution in [1.82, 2.24) is 19.6 Å². The smallest absolute Gasteiger partial charge is 0.342 e. The van der Waals surface area contributed by atoms with E-state index in [4.69, 9.17) is 18.6 Å². The molecule has 1 N–H and O–H groups in total. The molecule has 5 aromatic rings. The summed E-state index contributed by atoms with van der Waals surface area (Å²) in [5.74, 6) is 2.17. The van der Waals surface area contributed by atoms with E-state index in [-0.39, 0.29) is 24.5 Å². The number of hydrogen-bond acceptors (Lipinski definition) is 9. The fourth-order valence-electron chi connectivity index (χ4n) is 3.96. The number of nitrogens with zero attached hydrogens (tertiary/aromatic N) is 4. The first-order valence-corrected chi connectivity index (χ1v) is 11.4. The minimum Gasteiger partial charge on any atom is -0.497 e. The summed E-state index contributed by atoms with van der Waals surface area (Å²) in [5.41, 5.74) is 2.86. The average Bonchev–Trinajstić information content (AvgIpc) is 3.43. The largest absolute Gasteiger partial charge is 0.497 e. The number of carbonyl (C=O) groups excluding carboxylic acids is 1. The number of fused-ring (bicyclic) bond motifs is 3. The van der Waals surface area contributed by atoms with Crippen molar-refractivity contribution in [2.75, 3.05) is 19.0 Å². The summed E-state index contributed by atoms with van der Waals surface area (Å²) in [4.78, 5) is 17.4. The fourth-order valence-corrected chi connectivity index (χ4v) is 3.96. The van der Waals surface area contributed by atoms with Crippen molar-refractivity contribution in [1.29, 1.82) is 0 Å². The highest BCUT2D eigenvalue weighted by molar-refractivity contribution is 6.09. The second kappa shape index (κ2) is 9.57. The number of methoxy groups -OCH3 is 1. The Hall–Kier alpha value is -4.60. The summed E-state index contributed by atoms with van der Waals surface area (Å²) in [6.45, 7) is 5.79. The van der Waals surface area contributed by atoms with Gasteiger partial charge in [-0.1, -0.05) is 12.1 Å². The van der Waals surface area contributed by atoms with Gasteiger partial charge in [0, 0.05) is 5.69 Å². The zero-order valence-electron chi connectivity index (χ0n) is 20.4. The van der Waals surface area contributed by atoms with Gasteiger partial charge in [-0.2, -0.15) is 4.98 Å². The highest BCUT2D eigenvalue weighted by atomic mass is 16.5. The second-order valence-electron chi connectivity index (χ2n) is 8.10. The summed E-state index contributed by atoms with van der Waals surface area (Å²) in [7, 11) is 1.61. The Labute approximate surface area is 206 Å². The minimum absolute atomic E-state index is 0.106. The molecule has 0 amide bonds. The highest BCUT2D eigenvalue weighted by Crippen LogP contribution is 2.32. The van der Waals surface area contributed by atoms with Crippen molar-refractivity contribution < 1.29 is 23.4 Å². The van der Waals surface area contributed by atoms with Gasteiger partial charge in [0.2, 0.25) is 11.7 Å². The molecule has 0 saturated carbocycles. The minimum atomic E-state index is -0.504. The number of benzene rings is 2. The Morgan fingerprint density at radius 1 is 1.08 bits per heavy atom. The maximum Gasteiger partial charge on any atom is 0.342 e. The Balaban J connectivity index is 1.63. The number of furan rings is 1. The monoisotopic (exact) mass is 487 g/mol. The third-order valence-electron chi connectivity index (χ3n) is 5.62. The van der Waals surface area contributed by atoms with Crippen LogP contribution in [0.4, 0.5) is 11.6 Å². The third kappa shape index (κ3) is 4.28. The van der Waals surface area contributed by atoms with E-state index in [1.807, 2.05) is 55.5 Å². The van der Waals surface area contributed by atoms with Crippen LogP contribution in [0.25, 0.3) is 16.7 Å². The van der Waals surface area contributed by atoms with Crippen LogP contribution in [0.2, 0.25) is 0 Å².